The molecule has 0 aliphatic rings. The van der Waals surface area contributed by atoms with Crippen molar-refractivity contribution in [3.8, 4) is 0 Å². The Hall–Kier alpha value is -0.250. The molecule has 0 spiro atoms. The molecule has 0 fully saturated rings. The second-order valence-electron chi connectivity index (χ2n) is 4.90. The monoisotopic (exact) mass is 518 g/mol. The van der Waals surface area contributed by atoms with E-state index in [9.17, 15) is 70.2 Å². The van der Waals surface area contributed by atoms with E-state index in [1.807, 2.05) is 0 Å². The first-order chi connectivity index (χ1) is 11.7. The number of halogens is 19. The van der Waals surface area contributed by atoms with Gasteiger partial charge in [0.2, 0.25) is 6.17 Å². The molecule has 170 valence electrons. The lowest BCUT2D eigenvalue weighted by atomic mass is 9.91. The van der Waals surface area contributed by atoms with Crippen LogP contribution in [0.4, 0.5) is 70.2 Å². The molecule has 0 saturated carbocycles. The van der Waals surface area contributed by atoms with Crippen LogP contribution in [-0.4, -0.2) is 51.7 Å². The van der Waals surface area contributed by atoms with Crippen LogP contribution in [0.3, 0.4) is 0 Å². The summed E-state index contributed by atoms with van der Waals surface area (Å²) in [4.78, 5) is 0. The maximum Gasteiger partial charge on any atom is 0.443 e. The zero-order valence-corrected chi connectivity index (χ0v) is 14.0. The molecule has 0 N–H and O–H groups in total. The molecule has 0 aromatic carbocycles. The molecule has 0 aromatic heterocycles. The molecule has 28 heavy (non-hydrogen) atoms. The van der Waals surface area contributed by atoms with Crippen LogP contribution in [0.5, 0.6) is 0 Å². The normalized spacial score (nSPS) is 21.1. The number of hydrogen-bond donors (Lipinski definition) is 0. The van der Waals surface area contributed by atoms with Crippen molar-refractivity contribution in [2.45, 2.75) is 51.7 Å². The molecule has 0 rings (SSSR count). The highest BCUT2D eigenvalue weighted by Crippen LogP contribution is 2.64. The molecule has 0 aliphatic heterocycles. The van der Waals surface area contributed by atoms with Crippen molar-refractivity contribution in [2.24, 2.45) is 0 Å². The van der Waals surface area contributed by atoms with Gasteiger partial charge in [0.25, 0.3) is 0 Å². The molecule has 0 aliphatic carbocycles. The zero-order valence-electron chi connectivity index (χ0n) is 11.8. The lowest BCUT2D eigenvalue weighted by molar-refractivity contribution is -0.394. The molecule has 0 amide bonds. The first-order valence-corrected chi connectivity index (χ1v) is 6.83. The van der Waals surface area contributed by atoms with Crippen LogP contribution < -0.4 is 0 Å². The maximum absolute atomic E-state index is 13.5. The Labute approximate surface area is 157 Å². The van der Waals surface area contributed by atoms with Gasteiger partial charge in [-0.2, -0.15) is 57.1 Å². The van der Waals surface area contributed by atoms with Gasteiger partial charge >= 0.3 is 45.5 Å². The van der Waals surface area contributed by atoms with Crippen LogP contribution in [0.2, 0.25) is 0 Å². The van der Waals surface area contributed by atoms with Crippen molar-refractivity contribution >= 4 is 34.8 Å². The molecule has 3 atom stereocenters. The van der Waals surface area contributed by atoms with Crippen molar-refractivity contribution in [3.63, 3.8) is 0 Å². The summed E-state index contributed by atoms with van der Waals surface area (Å²) in [5.41, 5.74) is 0. The van der Waals surface area contributed by atoms with Crippen molar-refractivity contribution < 1.29 is 70.2 Å². The van der Waals surface area contributed by atoms with Crippen LogP contribution >= 0.6 is 34.8 Å². The largest absolute Gasteiger partial charge is 0.443 e. The lowest BCUT2D eigenvalue weighted by Crippen LogP contribution is -2.73. The minimum atomic E-state index is -8.20. The van der Waals surface area contributed by atoms with E-state index >= 15 is 0 Å². The topological polar surface area (TPSA) is 0 Å². The molecule has 19 heteroatoms. The Morgan fingerprint density at radius 2 is 0.750 bits per heavy atom. The fraction of sp³-hybridized carbons (Fsp3) is 1.00. The third kappa shape index (κ3) is 3.65. The van der Waals surface area contributed by atoms with Gasteiger partial charge in [0.15, 0.2) is 0 Å². The highest BCUT2D eigenvalue weighted by Gasteiger charge is 2.92. The first-order valence-electron chi connectivity index (χ1n) is 5.70. The summed E-state index contributed by atoms with van der Waals surface area (Å²) >= 11 is 10.7. The minimum Gasteiger partial charge on any atom is -0.232 e. The van der Waals surface area contributed by atoms with Crippen molar-refractivity contribution in [3.05, 3.63) is 0 Å². The van der Waals surface area contributed by atoms with E-state index in [0.717, 1.165) is 0 Å². The lowest BCUT2D eigenvalue weighted by Gasteiger charge is -2.43. The fourth-order valence-corrected chi connectivity index (χ4v) is 1.81. The molecular weight excluding hydrogens is 518 g/mol. The van der Waals surface area contributed by atoms with E-state index in [1.54, 1.807) is 0 Å². The Morgan fingerprint density at radius 1 is 0.464 bits per heavy atom. The van der Waals surface area contributed by atoms with E-state index in [0.29, 0.717) is 0 Å². The van der Waals surface area contributed by atoms with Crippen molar-refractivity contribution in [2.75, 3.05) is 0 Å². The third-order valence-electron chi connectivity index (χ3n) is 2.96. The SMILES string of the molecule is FC(C(F)(F)Cl)C(F)(F)C(F)(Cl)C(F)(F)C(F)(F)C(F)(F)C(F)(Cl)C(F)(F)F. The smallest absolute Gasteiger partial charge is 0.232 e. The summed E-state index contributed by atoms with van der Waals surface area (Å²) in [5.74, 6) is -31.5. The van der Waals surface area contributed by atoms with Gasteiger partial charge < -0.3 is 0 Å². The summed E-state index contributed by atoms with van der Waals surface area (Å²) in [6.07, 6.45) is -13.0. The van der Waals surface area contributed by atoms with Gasteiger partial charge in [0.05, 0.1) is 0 Å². The van der Waals surface area contributed by atoms with E-state index in [4.69, 9.17) is 0 Å². The van der Waals surface area contributed by atoms with Crippen LogP contribution in [0, 0.1) is 0 Å². The van der Waals surface area contributed by atoms with Gasteiger partial charge in [-0.25, -0.2) is 13.2 Å². The minimum absolute atomic E-state index is 3.47. The Kier molecular flexibility index (Phi) is 6.83. The molecular formula is C9HCl3F16. The van der Waals surface area contributed by atoms with Crippen molar-refractivity contribution in [1.82, 2.24) is 0 Å². The van der Waals surface area contributed by atoms with E-state index in [1.165, 1.54) is 0 Å². The summed E-state index contributed by atoms with van der Waals surface area (Å²) in [6.45, 7) is 0. The highest BCUT2D eigenvalue weighted by atomic mass is 35.5. The molecule has 0 aromatic rings. The average molecular weight is 519 g/mol. The van der Waals surface area contributed by atoms with E-state index in [2.05, 4.69) is 34.8 Å². The van der Waals surface area contributed by atoms with Crippen LogP contribution in [-0.2, 0) is 0 Å². The second-order valence-corrected chi connectivity index (χ2v) is 6.44. The molecule has 3 unspecified atom stereocenters. The number of rotatable bonds is 7. The second kappa shape index (κ2) is 6.89. The summed E-state index contributed by atoms with van der Waals surface area (Å²) < 4.78 is 206. The molecule has 0 radical (unpaired) electrons. The molecule has 0 saturated heterocycles. The summed E-state index contributed by atoms with van der Waals surface area (Å²) in [6, 6.07) is 0. The molecule has 0 nitrogen and oxygen atoms in total. The van der Waals surface area contributed by atoms with Crippen LogP contribution in [0.25, 0.3) is 0 Å². The van der Waals surface area contributed by atoms with Crippen molar-refractivity contribution in [1.29, 1.82) is 0 Å². The predicted octanol–water partition coefficient (Wildman–Crippen LogP) is 7.07. The standard InChI is InChI=1S/C9HCl3F16/c10-3(16,17)1(13)2(14,15)4(11,18)6(20,21)8(24,25)7(22,23)5(12,19)9(26,27)28/h1H. The fourth-order valence-electron chi connectivity index (χ4n) is 1.34. The maximum atomic E-state index is 13.5. The summed E-state index contributed by atoms with van der Waals surface area (Å²) in [5, 5.41) is -20.5. The van der Waals surface area contributed by atoms with Gasteiger partial charge in [-0.15, -0.1) is 0 Å². The van der Waals surface area contributed by atoms with Crippen LogP contribution in [0.15, 0.2) is 0 Å². The van der Waals surface area contributed by atoms with Gasteiger partial charge in [0.1, 0.15) is 0 Å². The average Bonchev–Trinajstić information content (AvgIpc) is 2.42. The zero-order chi connectivity index (χ0) is 23.6. The molecule has 0 bridgehead atoms. The Morgan fingerprint density at radius 3 is 1.00 bits per heavy atom. The Bertz CT molecular complexity index is 573. The quantitative estimate of drug-likeness (QED) is 0.249. The van der Waals surface area contributed by atoms with Gasteiger partial charge in [-0.05, 0) is 11.6 Å². The number of alkyl halides is 19. The molecule has 0 heterocycles. The predicted molar refractivity (Wildman–Crippen MR) is 60.9 cm³/mol. The van der Waals surface area contributed by atoms with Gasteiger partial charge in [-0.1, -0.05) is 23.2 Å². The van der Waals surface area contributed by atoms with Gasteiger partial charge in [0, 0.05) is 0 Å². The van der Waals surface area contributed by atoms with E-state index in [-0.39, 0.29) is 0 Å². The van der Waals surface area contributed by atoms with E-state index < -0.39 is 51.7 Å². The van der Waals surface area contributed by atoms with Crippen LogP contribution in [0.1, 0.15) is 0 Å². The summed E-state index contributed by atoms with van der Waals surface area (Å²) in [7, 11) is 0. The number of hydrogen-bond acceptors (Lipinski definition) is 0. The third-order valence-corrected chi connectivity index (χ3v) is 4.09. The van der Waals surface area contributed by atoms with Gasteiger partial charge in [-0.3, -0.25) is 0 Å². The Balaban J connectivity index is 6.64. The first kappa shape index (κ1) is 27.8. The highest BCUT2D eigenvalue weighted by molar-refractivity contribution is 6.25.